The van der Waals surface area contributed by atoms with Crippen LogP contribution in [0.2, 0.25) is 5.02 Å². The molecule has 0 fully saturated rings. The Kier molecular flexibility index (Phi) is 5.26. The summed E-state index contributed by atoms with van der Waals surface area (Å²) in [6.45, 7) is 4.15. The average Bonchev–Trinajstić information content (AvgIpc) is 2.43. The van der Waals surface area contributed by atoms with E-state index in [9.17, 15) is 4.79 Å². The molecule has 5 heteroatoms. The molecule has 0 aromatic heterocycles. The van der Waals surface area contributed by atoms with E-state index in [0.717, 1.165) is 27.0 Å². The van der Waals surface area contributed by atoms with Crippen molar-refractivity contribution in [3.05, 3.63) is 57.0 Å². The first-order valence-corrected chi connectivity index (χ1v) is 7.69. The lowest BCUT2D eigenvalue weighted by Gasteiger charge is -2.11. The number of halogens is 2. The number of benzene rings is 2. The van der Waals surface area contributed by atoms with Gasteiger partial charge in [0.1, 0.15) is 0 Å². The molecule has 1 amide bonds. The lowest BCUT2D eigenvalue weighted by molar-refractivity contribution is -0.114. The second kappa shape index (κ2) is 6.96. The predicted molar refractivity (Wildman–Crippen MR) is 92.0 cm³/mol. The third-order valence-corrected chi connectivity index (χ3v) is 4.24. The molecule has 0 atom stereocenters. The van der Waals surface area contributed by atoms with Crippen LogP contribution in [0.5, 0.6) is 0 Å². The minimum Gasteiger partial charge on any atom is -0.381 e. The molecule has 2 aromatic rings. The lowest BCUT2D eigenvalue weighted by atomic mass is 10.1. The molecular formula is C16H16BrClN2O. The van der Waals surface area contributed by atoms with Gasteiger partial charge >= 0.3 is 0 Å². The average molecular weight is 368 g/mol. The number of carbonyl (C=O) groups is 1. The summed E-state index contributed by atoms with van der Waals surface area (Å²) >= 11 is 9.39. The van der Waals surface area contributed by atoms with E-state index < -0.39 is 0 Å². The molecule has 0 aliphatic carbocycles. The minimum atomic E-state index is -0.0723. The molecule has 0 bridgehead atoms. The van der Waals surface area contributed by atoms with Crippen LogP contribution in [0.25, 0.3) is 0 Å². The first-order chi connectivity index (χ1) is 9.95. The highest BCUT2D eigenvalue weighted by Crippen LogP contribution is 2.24. The van der Waals surface area contributed by atoms with Gasteiger partial charge in [0.15, 0.2) is 0 Å². The highest BCUT2D eigenvalue weighted by molar-refractivity contribution is 9.10. The molecule has 0 heterocycles. The van der Waals surface area contributed by atoms with Gasteiger partial charge in [0.2, 0.25) is 5.91 Å². The fourth-order valence-corrected chi connectivity index (χ4v) is 2.45. The minimum absolute atomic E-state index is 0.0723. The van der Waals surface area contributed by atoms with Crippen LogP contribution < -0.4 is 10.6 Å². The number of nitrogens with one attached hydrogen (secondary N) is 2. The Morgan fingerprint density at radius 2 is 2.00 bits per heavy atom. The van der Waals surface area contributed by atoms with Crippen LogP contribution in [0.3, 0.4) is 0 Å². The largest absolute Gasteiger partial charge is 0.381 e. The van der Waals surface area contributed by atoms with Crippen LogP contribution in [-0.2, 0) is 11.3 Å². The van der Waals surface area contributed by atoms with Crippen LogP contribution in [-0.4, -0.2) is 5.91 Å². The van der Waals surface area contributed by atoms with Crippen LogP contribution in [0, 0.1) is 6.92 Å². The number of anilines is 2. The third kappa shape index (κ3) is 4.48. The Balaban J connectivity index is 2.09. The number of rotatable bonds is 4. The Bertz CT molecular complexity index is 673. The number of hydrogen-bond donors (Lipinski definition) is 2. The lowest BCUT2D eigenvalue weighted by Crippen LogP contribution is -2.08. The van der Waals surface area contributed by atoms with Crippen LogP contribution in [0.4, 0.5) is 11.4 Å². The maximum atomic E-state index is 11.2. The smallest absolute Gasteiger partial charge is 0.221 e. The molecule has 0 aliphatic rings. The van der Waals surface area contributed by atoms with Crippen molar-refractivity contribution in [3.8, 4) is 0 Å². The quantitative estimate of drug-likeness (QED) is 0.800. The first kappa shape index (κ1) is 15.9. The van der Waals surface area contributed by atoms with Gasteiger partial charge in [-0.2, -0.15) is 0 Å². The van der Waals surface area contributed by atoms with E-state index in [-0.39, 0.29) is 5.91 Å². The Morgan fingerprint density at radius 3 is 2.67 bits per heavy atom. The molecule has 0 spiro atoms. The second-order valence-electron chi connectivity index (χ2n) is 4.81. The van der Waals surface area contributed by atoms with E-state index in [1.165, 1.54) is 6.92 Å². The molecule has 110 valence electrons. The van der Waals surface area contributed by atoms with E-state index in [1.807, 2.05) is 43.3 Å². The molecule has 0 aliphatic heterocycles. The van der Waals surface area contributed by atoms with Gasteiger partial charge in [-0.05, 0) is 58.2 Å². The summed E-state index contributed by atoms with van der Waals surface area (Å²) in [4.78, 5) is 11.2. The molecule has 0 unspecified atom stereocenters. The summed E-state index contributed by atoms with van der Waals surface area (Å²) in [7, 11) is 0. The van der Waals surface area contributed by atoms with Crippen molar-refractivity contribution < 1.29 is 4.79 Å². The molecule has 2 N–H and O–H groups in total. The maximum absolute atomic E-state index is 11.2. The van der Waals surface area contributed by atoms with Gasteiger partial charge in [0, 0.05) is 29.3 Å². The zero-order valence-corrected chi connectivity index (χ0v) is 14.2. The van der Waals surface area contributed by atoms with E-state index in [1.54, 1.807) is 0 Å². The molecule has 21 heavy (non-hydrogen) atoms. The van der Waals surface area contributed by atoms with E-state index in [0.29, 0.717) is 11.6 Å². The molecular weight excluding hydrogens is 352 g/mol. The zero-order chi connectivity index (χ0) is 15.4. The Labute approximate surface area is 137 Å². The summed E-state index contributed by atoms with van der Waals surface area (Å²) in [5, 5.41) is 6.85. The van der Waals surface area contributed by atoms with Gasteiger partial charge in [-0.3, -0.25) is 4.79 Å². The molecule has 2 rings (SSSR count). The standard InChI is InChI=1S/C16H16BrClN2O/c1-10-3-5-13(8-16(10)20-11(2)21)19-9-12-4-6-15(18)14(17)7-12/h3-8,19H,9H2,1-2H3,(H,20,21). The van der Waals surface area contributed by atoms with Gasteiger partial charge < -0.3 is 10.6 Å². The van der Waals surface area contributed by atoms with Crippen molar-refractivity contribution in [1.82, 2.24) is 0 Å². The highest BCUT2D eigenvalue weighted by Gasteiger charge is 2.03. The molecule has 3 nitrogen and oxygen atoms in total. The van der Waals surface area contributed by atoms with Crippen LogP contribution in [0.15, 0.2) is 40.9 Å². The van der Waals surface area contributed by atoms with Crippen molar-refractivity contribution in [1.29, 1.82) is 0 Å². The van der Waals surface area contributed by atoms with Crippen LogP contribution >= 0.6 is 27.5 Å². The van der Waals surface area contributed by atoms with Gasteiger partial charge in [-0.1, -0.05) is 23.7 Å². The maximum Gasteiger partial charge on any atom is 0.221 e. The second-order valence-corrected chi connectivity index (χ2v) is 6.07. The first-order valence-electron chi connectivity index (χ1n) is 6.52. The number of amides is 1. The third-order valence-electron chi connectivity index (χ3n) is 3.03. The van der Waals surface area contributed by atoms with E-state index >= 15 is 0 Å². The fourth-order valence-electron chi connectivity index (χ4n) is 1.91. The number of carbonyl (C=O) groups excluding carboxylic acids is 1. The van der Waals surface area contributed by atoms with Crippen molar-refractivity contribution >= 4 is 44.8 Å². The number of aryl methyl sites for hydroxylation is 1. The topological polar surface area (TPSA) is 41.1 Å². The molecule has 2 aromatic carbocycles. The van der Waals surface area contributed by atoms with E-state index in [4.69, 9.17) is 11.6 Å². The van der Waals surface area contributed by atoms with Crippen LogP contribution in [0.1, 0.15) is 18.1 Å². The molecule has 0 radical (unpaired) electrons. The summed E-state index contributed by atoms with van der Waals surface area (Å²) in [6, 6.07) is 11.7. The SMILES string of the molecule is CC(=O)Nc1cc(NCc2ccc(Cl)c(Br)c2)ccc1C. The summed E-state index contributed by atoms with van der Waals surface area (Å²) in [5.41, 5.74) is 3.93. The summed E-state index contributed by atoms with van der Waals surface area (Å²) < 4.78 is 0.881. The van der Waals surface area contributed by atoms with Gasteiger partial charge in [-0.25, -0.2) is 0 Å². The molecule has 0 saturated heterocycles. The highest BCUT2D eigenvalue weighted by atomic mass is 79.9. The van der Waals surface area contributed by atoms with Crippen molar-refractivity contribution in [3.63, 3.8) is 0 Å². The summed E-state index contributed by atoms with van der Waals surface area (Å²) in [5.74, 6) is -0.0723. The Hall–Kier alpha value is -1.52. The summed E-state index contributed by atoms with van der Waals surface area (Å²) in [6.07, 6.45) is 0. The van der Waals surface area contributed by atoms with Crippen molar-refractivity contribution in [2.24, 2.45) is 0 Å². The van der Waals surface area contributed by atoms with Crippen molar-refractivity contribution in [2.45, 2.75) is 20.4 Å². The predicted octanol–water partition coefficient (Wildman–Crippen LogP) is 4.98. The zero-order valence-electron chi connectivity index (χ0n) is 11.8. The fraction of sp³-hybridized carbons (Fsp3) is 0.188. The molecule has 0 saturated carbocycles. The van der Waals surface area contributed by atoms with Gasteiger partial charge in [0.05, 0.1) is 5.02 Å². The van der Waals surface area contributed by atoms with E-state index in [2.05, 4.69) is 26.6 Å². The van der Waals surface area contributed by atoms with Gasteiger partial charge in [-0.15, -0.1) is 0 Å². The normalized spacial score (nSPS) is 10.3. The van der Waals surface area contributed by atoms with Gasteiger partial charge in [0.25, 0.3) is 0 Å². The number of hydrogen-bond acceptors (Lipinski definition) is 2. The Morgan fingerprint density at radius 1 is 1.24 bits per heavy atom. The van der Waals surface area contributed by atoms with Crippen molar-refractivity contribution in [2.75, 3.05) is 10.6 Å². The monoisotopic (exact) mass is 366 g/mol.